The molecular formula is C21H19FN6O3S. The third-order valence-corrected chi connectivity index (χ3v) is 5.95. The first-order valence-corrected chi connectivity index (χ1v) is 11.0. The molecule has 3 aromatic heterocycles. The van der Waals surface area contributed by atoms with Gasteiger partial charge in [-0.05, 0) is 63.2 Å². The van der Waals surface area contributed by atoms with E-state index in [0.29, 0.717) is 28.4 Å². The van der Waals surface area contributed by atoms with Crippen molar-refractivity contribution in [2.24, 2.45) is 0 Å². The first-order chi connectivity index (χ1) is 15.1. The Morgan fingerprint density at radius 2 is 1.62 bits per heavy atom. The van der Waals surface area contributed by atoms with Crippen LogP contribution in [-0.4, -0.2) is 33.7 Å². The van der Waals surface area contributed by atoms with Gasteiger partial charge < -0.3 is 5.32 Å². The van der Waals surface area contributed by atoms with Gasteiger partial charge in [0.25, 0.3) is 15.9 Å². The van der Waals surface area contributed by atoms with Gasteiger partial charge >= 0.3 is 0 Å². The zero-order valence-corrected chi connectivity index (χ0v) is 18.2. The van der Waals surface area contributed by atoms with E-state index in [9.17, 15) is 17.6 Å². The second kappa shape index (κ2) is 8.00. The van der Waals surface area contributed by atoms with Gasteiger partial charge in [0.1, 0.15) is 17.2 Å². The number of aromatic nitrogens is 4. The molecule has 1 aromatic carbocycles. The van der Waals surface area contributed by atoms with Gasteiger partial charge in [0.05, 0.1) is 10.6 Å². The molecule has 0 saturated carbocycles. The van der Waals surface area contributed by atoms with Crippen LogP contribution in [0.4, 0.5) is 16.0 Å². The van der Waals surface area contributed by atoms with Crippen molar-refractivity contribution in [3.8, 4) is 0 Å². The van der Waals surface area contributed by atoms with Gasteiger partial charge in [-0.3, -0.25) is 9.20 Å². The standard InChI is InChI=1S/C21H19FN6O3S/c1-12-10-13(2)24-21(23-12)27-32(30,31)17-7-5-16(6-8-17)26-20(29)19-14(3)25-18-9-4-15(22)11-28(18)19/h4-11H,1-3H3,(H,26,29)(H,23,24,27). The summed E-state index contributed by atoms with van der Waals surface area (Å²) in [7, 11) is -3.92. The van der Waals surface area contributed by atoms with Gasteiger partial charge in [0.15, 0.2) is 0 Å². The van der Waals surface area contributed by atoms with Gasteiger partial charge in [-0.2, -0.15) is 0 Å². The van der Waals surface area contributed by atoms with Gasteiger partial charge in [-0.15, -0.1) is 0 Å². The van der Waals surface area contributed by atoms with E-state index in [2.05, 4.69) is 25.0 Å². The molecule has 0 saturated heterocycles. The van der Waals surface area contributed by atoms with Crippen molar-refractivity contribution in [2.75, 3.05) is 10.0 Å². The van der Waals surface area contributed by atoms with Crippen molar-refractivity contribution in [3.05, 3.63) is 77.3 Å². The smallest absolute Gasteiger partial charge is 0.274 e. The lowest BCUT2D eigenvalue weighted by atomic mass is 10.3. The summed E-state index contributed by atoms with van der Waals surface area (Å²) >= 11 is 0. The van der Waals surface area contributed by atoms with Crippen LogP contribution in [0.15, 0.2) is 53.6 Å². The molecule has 3 heterocycles. The maximum Gasteiger partial charge on any atom is 0.274 e. The lowest BCUT2D eigenvalue weighted by Gasteiger charge is -2.10. The van der Waals surface area contributed by atoms with Gasteiger partial charge in [0, 0.05) is 23.3 Å². The molecule has 0 bridgehead atoms. The number of pyridine rings is 1. The van der Waals surface area contributed by atoms with Crippen molar-refractivity contribution in [2.45, 2.75) is 25.7 Å². The van der Waals surface area contributed by atoms with E-state index in [-0.39, 0.29) is 16.5 Å². The van der Waals surface area contributed by atoms with E-state index in [1.165, 1.54) is 47.0 Å². The SMILES string of the molecule is Cc1cc(C)nc(NS(=O)(=O)c2ccc(NC(=O)c3c(C)nc4ccc(F)cn34)cc2)n1. The molecule has 164 valence electrons. The summed E-state index contributed by atoms with van der Waals surface area (Å²) in [5, 5.41) is 2.68. The van der Waals surface area contributed by atoms with E-state index in [0.717, 1.165) is 0 Å². The molecule has 32 heavy (non-hydrogen) atoms. The fraction of sp³-hybridized carbons (Fsp3) is 0.143. The van der Waals surface area contributed by atoms with Crippen molar-refractivity contribution in [1.82, 2.24) is 19.4 Å². The number of hydrogen-bond acceptors (Lipinski definition) is 6. The molecule has 0 aliphatic heterocycles. The second-order valence-electron chi connectivity index (χ2n) is 7.18. The minimum atomic E-state index is -3.92. The van der Waals surface area contributed by atoms with Crippen LogP contribution < -0.4 is 10.0 Å². The lowest BCUT2D eigenvalue weighted by molar-refractivity contribution is 0.102. The van der Waals surface area contributed by atoms with Crippen LogP contribution in [0.25, 0.3) is 5.65 Å². The third-order valence-electron chi connectivity index (χ3n) is 4.60. The number of hydrogen-bond donors (Lipinski definition) is 2. The van der Waals surface area contributed by atoms with E-state index in [1.54, 1.807) is 26.8 Å². The molecule has 0 atom stereocenters. The molecule has 4 aromatic rings. The number of fused-ring (bicyclic) bond motifs is 1. The zero-order chi connectivity index (χ0) is 23.0. The number of carbonyl (C=O) groups excluding carboxylic acids is 1. The minimum absolute atomic E-state index is 0.0183. The van der Waals surface area contributed by atoms with Crippen LogP contribution in [0.2, 0.25) is 0 Å². The minimum Gasteiger partial charge on any atom is -0.321 e. The molecule has 0 aliphatic carbocycles. The summed E-state index contributed by atoms with van der Waals surface area (Å²) in [6.07, 6.45) is 1.18. The van der Waals surface area contributed by atoms with E-state index in [4.69, 9.17) is 0 Å². The fourth-order valence-corrected chi connectivity index (χ4v) is 4.21. The molecule has 0 aliphatic rings. The summed E-state index contributed by atoms with van der Waals surface area (Å²) in [4.78, 5) is 25.1. The normalized spacial score (nSPS) is 11.5. The van der Waals surface area contributed by atoms with E-state index in [1.807, 2.05) is 0 Å². The molecule has 2 N–H and O–H groups in total. The number of rotatable bonds is 5. The first-order valence-electron chi connectivity index (χ1n) is 9.53. The number of imidazole rings is 1. The van der Waals surface area contributed by atoms with Crippen LogP contribution in [0.1, 0.15) is 27.6 Å². The molecule has 11 heteroatoms. The highest BCUT2D eigenvalue weighted by molar-refractivity contribution is 7.92. The van der Waals surface area contributed by atoms with Crippen LogP contribution >= 0.6 is 0 Å². The average Bonchev–Trinajstić information content (AvgIpc) is 3.02. The Bertz CT molecular complexity index is 1430. The molecule has 0 spiro atoms. The van der Waals surface area contributed by atoms with E-state index >= 15 is 0 Å². The Labute approximate surface area is 183 Å². The summed E-state index contributed by atoms with van der Waals surface area (Å²) in [6.45, 7) is 5.13. The number of halogens is 1. The van der Waals surface area contributed by atoms with Gasteiger partial charge in [-0.1, -0.05) is 0 Å². The molecule has 0 unspecified atom stereocenters. The molecular weight excluding hydrogens is 435 g/mol. The average molecular weight is 454 g/mol. The predicted octanol–water partition coefficient (Wildman–Crippen LogP) is 3.24. The monoisotopic (exact) mass is 454 g/mol. The summed E-state index contributed by atoms with van der Waals surface area (Å²) in [6, 6.07) is 10.1. The van der Waals surface area contributed by atoms with Crippen LogP contribution in [0.3, 0.4) is 0 Å². The molecule has 9 nitrogen and oxygen atoms in total. The maximum absolute atomic E-state index is 13.6. The van der Waals surface area contributed by atoms with Crippen LogP contribution in [0, 0.1) is 26.6 Å². The zero-order valence-electron chi connectivity index (χ0n) is 17.4. The van der Waals surface area contributed by atoms with Crippen molar-refractivity contribution in [1.29, 1.82) is 0 Å². The Morgan fingerprint density at radius 1 is 0.969 bits per heavy atom. The third kappa shape index (κ3) is 4.28. The topological polar surface area (TPSA) is 118 Å². The van der Waals surface area contributed by atoms with Crippen molar-refractivity contribution < 1.29 is 17.6 Å². The lowest BCUT2D eigenvalue weighted by Crippen LogP contribution is -2.17. The number of nitrogens with one attached hydrogen (secondary N) is 2. The Morgan fingerprint density at radius 3 is 2.28 bits per heavy atom. The second-order valence-corrected chi connectivity index (χ2v) is 8.86. The van der Waals surface area contributed by atoms with Crippen molar-refractivity contribution >= 4 is 33.2 Å². The van der Waals surface area contributed by atoms with Gasteiger partial charge in [0.2, 0.25) is 5.95 Å². The quantitative estimate of drug-likeness (QED) is 0.478. The fourth-order valence-electron chi connectivity index (χ4n) is 3.27. The number of amides is 1. The summed E-state index contributed by atoms with van der Waals surface area (Å²) in [5.41, 5.74) is 2.69. The van der Waals surface area contributed by atoms with Crippen LogP contribution in [0.5, 0.6) is 0 Å². The van der Waals surface area contributed by atoms with E-state index < -0.39 is 21.7 Å². The number of benzene rings is 1. The molecule has 1 amide bonds. The Hall–Kier alpha value is -3.86. The number of aryl methyl sites for hydroxylation is 3. The number of carbonyl (C=O) groups is 1. The molecule has 4 rings (SSSR count). The molecule has 0 radical (unpaired) electrons. The summed E-state index contributed by atoms with van der Waals surface area (Å²) < 4.78 is 42.6. The largest absolute Gasteiger partial charge is 0.321 e. The summed E-state index contributed by atoms with van der Waals surface area (Å²) in [5.74, 6) is -1.02. The number of anilines is 2. The highest BCUT2D eigenvalue weighted by atomic mass is 32.2. The van der Waals surface area contributed by atoms with Crippen molar-refractivity contribution in [3.63, 3.8) is 0 Å². The van der Waals surface area contributed by atoms with Gasteiger partial charge in [-0.25, -0.2) is 32.5 Å². The Balaban J connectivity index is 1.54. The first kappa shape index (κ1) is 21.4. The number of sulfonamides is 1. The number of nitrogens with zero attached hydrogens (tertiary/aromatic N) is 4. The molecule has 0 fully saturated rings. The predicted molar refractivity (Wildman–Crippen MR) is 117 cm³/mol. The highest BCUT2D eigenvalue weighted by Crippen LogP contribution is 2.19. The Kier molecular flexibility index (Phi) is 5.35. The van der Waals surface area contributed by atoms with Crippen LogP contribution in [-0.2, 0) is 10.0 Å². The maximum atomic E-state index is 13.6. The highest BCUT2D eigenvalue weighted by Gasteiger charge is 2.19.